The minimum Gasteiger partial charge on any atom is -0.468 e. The van der Waals surface area contributed by atoms with Crippen molar-refractivity contribution in [3.63, 3.8) is 0 Å². The summed E-state index contributed by atoms with van der Waals surface area (Å²) in [7, 11) is 1.20. The fourth-order valence-corrected chi connectivity index (χ4v) is 2.86. The molecule has 2 heterocycles. The molecule has 0 saturated heterocycles. The van der Waals surface area contributed by atoms with Crippen molar-refractivity contribution in [2.75, 3.05) is 7.11 Å². The van der Waals surface area contributed by atoms with Gasteiger partial charge in [0.2, 0.25) is 5.89 Å². The van der Waals surface area contributed by atoms with Gasteiger partial charge in [-0.3, -0.25) is 14.6 Å². The predicted octanol–water partition coefficient (Wildman–Crippen LogP) is 3.86. The Kier molecular flexibility index (Phi) is 6.51. The fraction of sp³-hybridized carbons (Fsp3) is 0.238. The van der Waals surface area contributed by atoms with Crippen molar-refractivity contribution in [1.29, 1.82) is 0 Å². The van der Waals surface area contributed by atoms with Gasteiger partial charge in [-0.1, -0.05) is 6.07 Å². The number of benzene rings is 1. The van der Waals surface area contributed by atoms with Crippen molar-refractivity contribution in [2.24, 2.45) is 5.92 Å². The van der Waals surface area contributed by atoms with E-state index in [1.807, 2.05) is 0 Å². The lowest BCUT2D eigenvalue weighted by molar-refractivity contribution is -0.143. The van der Waals surface area contributed by atoms with Crippen LogP contribution in [0, 0.1) is 12.8 Å². The Balaban J connectivity index is 1.80. The van der Waals surface area contributed by atoms with Gasteiger partial charge in [0.15, 0.2) is 5.78 Å². The molecule has 9 heteroatoms. The number of ether oxygens (including phenoxy) is 2. The van der Waals surface area contributed by atoms with Crippen LogP contribution in [-0.2, 0) is 16.0 Å². The highest BCUT2D eigenvalue weighted by Crippen LogP contribution is 2.24. The first-order chi connectivity index (χ1) is 14.4. The van der Waals surface area contributed by atoms with Crippen LogP contribution in [0.15, 0.2) is 53.3 Å². The molecule has 0 amide bonds. The number of carbonyl (C=O) groups excluding carboxylic acids is 2. The normalized spacial score (nSPS) is 11.9. The van der Waals surface area contributed by atoms with Crippen molar-refractivity contribution in [2.45, 2.75) is 20.0 Å². The van der Waals surface area contributed by atoms with Crippen molar-refractivity contribution in [3.8, 4) is 17.2 Å². The zero-order valence-electron chi connectivity index (χ0n) is 16.2. The standard InChI is InChI=1S/C21H18F2N2O5/c1-12-4-3-9-24-17(12)18(26)16(20(27)28-2)10-14-11-29-19(25-14)13-5-7-15(8-6-13)30-21(22)23/h3-9,11,16,21H,10H2,1-2H3. The van der Waals surface area contributed by atoms with E-state index in [4.69, 9.17) is 9.15 Å². The van der Waals surface area contributed by atoms with Crippen molar-refractivity contribution in [3.05, 3.63) is 65.8 Å². The Labute approximate surface area is 170 Å². The second kappa shape index (κ2) is 9.25. The summed E-state index contributed by atoms with van der Waals surface area (Å²) < 4.78 is 39.0. The van der Waals surface area contributed by atoms with E-state index in [0.29, 0.717) is 16.8 Å². The summed E-state index contributed by atoms with van der Waals surface area (Å²) in [6.45, 7) is -1.19. The summed E-state index contributed by atoms with van der Waals surface area (Å²) in [5.41, 5.74) is 1.70. The summed E-state index contributed by atoms with van der Waals surface area (Å²) in [4.78, 5) is 33.5. The van der Waals surface area contributed by atoms with Crippen molar-refractivity contribution in [1.82, 2.24) is 9.97 Å². The van der Waals surface area contributed by atoms with E-state index in [0.717, 1.165) is 0 Å². The smallest absolute Gasteiger partial charge is 0.387 e. The SMILES string of the molecule is COC(=O)C(Cc1coc(-c2ccc(OC(F)F)cc2)n1)C(=O)c1ncccc1C. The van der Waals surface area contributed by atoms with Crippen LogP contribution in [0.3, 0.4) is 0 Å². The highest BCUT2D eigenvalue weighted by atomic mass is 19.3. The van der Waals surface area contributed by atoms with Crippen LogP contribution in [0.5, 0.6) is 5.75 Å². The van der Waals surface area contributed by atoms with Gasteiger partial charge in [0.1, 0.15) is 23.6 Å². The van der Waals surface area contributed by atoms with Crippen LogP contribution in [0.4, 0.5) is 8.78 Å². The number of halogens is 2. The number of hydrogen-bond donors (Lipinski definition) is 0. The minimum atomic E-state index is -2.92. The number of aryl methyl sites for hydroxylation is 1. The Hall–Kier alpha value is -3.62. The van der Waals surface area contributed by atoms with Gasteiger partial charge in [0.05, 0.1) is 12.8 Å². The molecule has 156 valence electrons. The van der Waals surface area contributed by atoms with Crippen LogP contribution >= 0.6 is 0 Å². The number of methoxy groups -OCH3 is 1. The van der Waals surface area contributed by atoms with E-state index in [1.165, 1.54) is 43.8 Å². The number of hydrogen-bond acceptors (Lipinski definition) is 7. The molecule has 1 atom stereocenters. The summed E-state index contributed by atoms with van der Waals surface area (Å²) in [6.07, 6.45) is 2.76. The number of nitrogens with zero attached hydrogens (tertiary/aromatic N) is 2. The summed E-state index contributed by atoms with van der Waals surface area (Å²) in [5, 5.41) is 0. The summed E-state index contributed by atoms with van der Waals surface area (Å²) >= 11 is 0. The zero-order valence-corrected chi connectivity index (χ0v) is 16.2. The maximum absolute atomic E-state index is 12.9. The number of pyridine rings is 1. The van der Waals surface area contributed by atoms with Crippen LogP contribution in [0.25, 0.3) is 11.5 Å². The third-order valence-corrected chi connectivity index (χ3v) is 4.34. The molecule has 3 aromatic rings. The molecule has 3 rings (SSSR count). The van der Waals surface area contributed by atoms with Gasteiger partial charge in [-0.25, -0.2) is 4.98 Å². The van der Waals surface area contributed by atoms with Gasteiger partial charge in [-0.15, -0.1) is 0 Å². The second-order valence-corrected chi connectivity index (χ2v) is 6.36. The molecule has 0 bridgehead atoms. The van der Waals surface area contributed by atoms with Crippen LogP contribution < -0.4 is 4.74 Å². The van der Waals surface area contributed by atoms with Gasteiger partial charge in [-0.05, 0) is 42.8 Å². The molecule has 0 aliphatic carbocycles. The number of ketones is 1. The minimum absolute atomic E-state index is 0.00242. The maximum Gasteiger partial charge on any atom is 0.387 e. The van der Waals surface area contributed by atoms with E-state index >= 15 is 0 Å². The van der Waals surface area contributed by atoms with E-state index in [2.05, 4.69) is 14.7 Å². The lowest BCUT2D eigenvalue weighted by atomic mass is 9.94. The second-order valence-electron chi connectivity index (χ2n) is 6.36. The first kappa shape index (κ1) is 21.1. The molecule has 1 aromatic carbocycles. The molecule has 2 aromatic heterocycles. The molecule has 0 fully saturated rings. The highest BCUT2D eigenvalue weighted by Gasteiger charge is 2.31. The topological polar surface area (TPSA) is 91.5 Å². The lowest BCUT2D eigenvalue weighted by Crippen LogP contribution is -2.29. The molecule has 30 heavy (non-hydrogen) atoms. The third kappa shape index (κ3) is 4.86. The molecule has 0 radical (unpaired) electrons. The quantitative estimate of drug-likeness (QED) is 0.313. The monoisotopic (exact) mass is 416 g/mol. The number of aromatic nitrogens is 2. The van der Waals surface area contributed by atoms with Crippen molar-refractivity contribution >= 4 is 11.8 Å². The Morgan fingerprint density at radius 2 is 1.90 bits per heavy atom. The molecule has 0 saturated carbocycles. The van der Waals surface area contributed by atoms with Gasteiger partial charge in [0, 0.05) is 18.2 Å². The highest BCUT2D eigenvalue weighted by molar-refractivity contribution is 6.08. The van der Waals surface area contributed by atoms with Gasteiger partial charge in [0.25, 0.3) is 0 Å². The first-order valence-electron chi connectivity index (χ1n) is 8.92. The number of Topliss-reactive ketones (excluding diaryl/α,β-unsaturated/α-hetero) is 1. The predicted molar refractivity (Wildman–Crippen MR) is 101 cm³/mol. The van der Waals surface area contributed by atoms with Crippen molar-refractivity contribution < 1.29 is 32.3 Å². The number of alkyl halides is 2. The fourth-order valence-electron chi connectivity index (χ4n) is 2.86. The van der Waals surface area contributed by atoms with Gasteiger partial charge < -0.3 is 13.9 Å². The maximum atomic E-state index is 12.9. The van der Waals surface area contributed by atoms with Gasteiger partial charge >= 0.3 is 12.6 Å². The average Bonchev–Trinajstić information content (AvgIpc) is 3.20. The summed E-state index contributed by atoms with van der Waals surface area (Å²) in [6, 6.07) is 9.15. The lowest BCUT2D eigenvalue weighted by Gasteiger charge is -2.13. The van der Waals surface area contributed by atoms with E-state index in [1.54, 1.807) is 19.1 Å². The molecule has 1 unspecified atom stereocenters. The largest absolute Gasteiger partial charge is 0.468 e. The molecule has 7 nitrogen and oxygen atoms in total. The summed E-state index contributed by atoms with van der Waals surface area (Å²) in [5.74, 6) is -2.11. The van der Waals surface area contributed by atoms with E-state index < -0.39 is 24.3 Å². The number of carbonyl (C=O) groups is 2. The molecule has 0 N–H and O–H groups in total. The molecular formula is C21H18F2N2O5. The third-order valence-electron chi connectivity index (χ3n) is 4.34. The van der Waals surface area contributed by atoms with E-state index in [9.17, 15) is 18.4 Å². The average molecular weight is 416 g/mol. The van der Waals surface area contributed by atoms with Crippen LogP contribution in [0.1, 0.15) is 21.7 Å². The molecule has 0 aliphatic rings. The number of rotatable bonds is 8. The Morgan fingerprint density at radius 3 is 2.53 bits per heavy atom. The van der Waals surface area contributed by atoms with Crippen LogP contribution in [-0.4, -0.2) is 35.4 Å². The first-order valence-corrected chi connectivity index (χ1v) is 8.92. The van der Waals surface area contributed by atoms with E-state index in [-0.39, 0.29) is 23.8 Å². The molecule has 0 spiro atoms. The van der Waals surface area contributed by atoms with Crippen LogP contribution in [0.2, 0.25) is 0 Å². The zero-order chi connectivity index (χ0) is 21.7. The number of oxazole rings is 1. The number of esters is 1. The van der Waals surface area contributed by atoms with Gasteiger partial charge in [-0.2, -0.15) is 8.78 Å². The Bertz CT molecular complexity index is 1030. The molecular weight excluding hydrogens is 398 g/mol. The molecule has 0 aliphatic heterocycles. The Morgan fingerprint density at radius 1 is 1.17 bits per heavy atom.